The third kappa shape index (κ3) is 4.91. The molecule has 2 aromatic rings. The minimum atomic E-state index is -0.260. The summed E-state index contributed by atoms with van der Waals surface area (Å²) in [7, 11) is 1.51. The number of carbonyl (C=O) groups excluding carboxylic acids is 2. The number of carbonyl (C=O) groups is 2. The Morgan fingerprint density at radius 2 is 1.80 bits per heavy atom. The van der Waals surface area contributed by atoms with Crippen molar-refractivity contribution in [2.45, 2.75) is 26.7 Å². The summed E-state index contributed by atoms with van der Waals surface area (Å²) in [6, 6.07) is 10.8. The van der Waals surface area contributed by atoms with E-state index in [1.54, 1.807) is 23.1 Å². The normalized spacial score (nSPS) is 12.8. The van der Waals surface area contributed by atoms with Crippen molar-refractivity contribution >= 4 is 23.2 Å². The van der Waals surface area contributed by atoms with Crippen molar-refractivity contribution in [2.75, 3.05) is 43.7 Å². The first kappa shape index (κ1) is 21.6. The maximum absolute atomic E-state index is 12.8. The summed E-state index contributed by atoms with van der Waals surface area (Å²) in [4.78, 5) is 26.9. The molecule has 3 rings (SSSR count). The number of aryl methyl sites for hydroxylation is 1. The zero-order chi connectivity index (χ0) is 21.5. The molecule has 0 spiro atoms. The molecular formula is C23H28N2O5. The van der Waals surface area contributed by atoms with Crippen molar-refractivity contribution in [2.24, 2.45) is 0 Å². The van der Waals surface area contributed by atoms with E-state index in [9.17, 15) is 9.59 Å². The summed E-state index contributed by atoms with van der Waals surface area (Å²) in [6.45, 7) is 5.44. The van der Waals surface area contributed by atoms with Crippen LogP contribution in [-0.2, 0) is 16.0 Å². The third-order valence-electron chi connectivity index (χ3n) is 4.84. The molecular weight excluding hydrogens is 384 g/mol. The van der Waals surface area contributed by atoms with E-state index in [4.69, 9.17) is 14.2 Å². The Labute approximate surface area is 176 Å². The summed E-state index contributed by atoms with van der Waals surface area (Å²) >= 11 is 0. The lowest BCUT2D eigenvalue weighted by molar-refractivity contribution is -0.122. The number of nitrogens with one attached hydrogen (secondary N) is 1. The highest BCUT2D eigenvalue weighted by atomic mass is 16.5. The van der Waals surface area contributed by atoms with Crippen LogP contribution >= 0.6 is 0 Å². The molecule has 30 heavy (non-hydrogen) atoms. The van der Waals surface area contributed by atoms with Gasteiger partial charge in [-0.3, -0.25) is 9.59 Å². The van der Waals surface area contributed by atoms with E-state index in [1.165, 1.54) is 7.11 Å². The molecule has 0 saturated heterocycles. The van der Waals surface area contributed by atoms with Crippen molar-refractivity contribution in [1.82, 2.24) is 0 Å². The van der Waals surface area contributed by atoms with Crippen LogP contribution in [0.3, 0.4) is 0 Å². The lowest BCUT2D eigenvalue weighted by Gasteiger charge is -2.30. The molecule has 1 heterocycles. The van der Waals surface area contributed by atoms with Gasteiger partial charge in [0.25, 0.3) is 11.8 Å². The fourth-order valence-electron chi connectivity index (χ4n) is 3.51. The summed E-state index contributed by atoms with van der Waals surface area (Å²) < 4.78 is 16.2. The minimum absolute atomic E-state index is 0.0302. The number of ether oxygens (including phenoxy) is 3. The van der Waals surface area contributed by atoms with Crippen LogP contribution in [0, 0.1) is 0 Å². The van der Waals surface area contributed by atoms with E-state index in [0.717, 1.165) is 24.1 Å². The second kappa shape index (κ2) is 10.1. The number of fused-ring (bicyclic) bond motifs is 1. The Morgan fingerprint density at radius 3 is 2.53 bits per heavy atom. The Kier molecular flexibility index (Phi) is 7.30. The molecule has 0 bridgehead atoms. The van der Waals surface area contributed by atoms with Gasteiger partial charge in [0, 0.05) is 30.6 Å². The quantitative estimate of drug-likeness (QED) is 0.716. The van der Waals surface area contributed by atoms with E-state index in [-0.39, 0.29) is 18.4 Å². The van der Waals surface area contributed by atoms with Crippen LogP contribution in [-0.4, -0.2) is 45.3 Å². The van der Waals surface area contributed by atoms with Crippen LogP contribution in [0.15, 0.2) is 36.4 Å². The van der Waals surface area contributed by atoms with E-state index in [2.05, 4.69) is 5.32 Å². The van der Waals surface area contributed by atoms with E-state index in [1.807, 2.05) is 32.0 Å². The minimum Gasteiger partial charge on any atom is -0.490 e. The first-order valence-electron chi connectivity index (χ1n) is 10.2. The summed E-state index contributed by atoms with van der Waals surface area (Å²) in [5.41, 5.74) is 3.00. The van der Waals surface area contributed by atoms with Gasteiger partial charge in [-0.1, -0.05) is 6.07 Å². The number of anilines is 2. The van der Waals surface area contributed by atoms with Crippen LogP contribution < -0.4 is 19.7 Å². The van der Waals surface area contributed by atoms with Crippen LogP contribution in [0.1, 0.15) is 36.2 Å². The highest BCUT2D eigenvalue weighted by Gasteiger charge is 2.23. The molecule has 0 unspecified atom stereocenters. The monoisotopic (exact) mass is 412 g/mol. The van der Waals surface area contributed by atoms with Crippen LogP contribution in [0.25, 0.3) is 0 Å². The first-order valence-corrected chi connectivity index (χ1v) is 10.2. The Hall–Kier alpha value is -3.06. The lowest BCUT2D eigenvalue weighted by Crippen LogP contribution is -2.37. The van der Waals surface area contributed by atoms with Crippen molar-refractivity contribution in [3.8, 4) is 11.5 Å². The highest BCUT2D eigenvalue weighted by molar-refractivity contribution is 6.05. The SMILES string of the molecule is CCOc1ccc(C(=O)Nc2ccc3c(c2)N(C(=O)COC)CCC3)cc1OCC. The summed E-state index contributed by atoms with van der Waals surface area (Å²) in [6.07, 6.45) is 1.80. The molecule has 0 saturated carbocycles. The molecule has 0 fully saturated rings. The largest absolute Gasteiger partial charge is 0.490 e. The van der Waals surface area contributed by atoms with Gasteiger partial charge in [-0.05, 0) is 62.6 Å². The Morgan fingerprint density at radius 1 is 1.03 bits per heavy atom. The van der Waals surface area contributed by atoms with Gasteiger partial charge in [-0.15, -0.1) is 0 Å². The van der Waals surface area contributed by atoms with Crippen molar-refractivity contribution in [1.29, 1.82) is 0 Å². The number of methoxy groups -OCH3 is 1. The topological polar surface area (TPSA) is 77.1 Å². The van der Waals surface area contributed by atoms with Gasteiger partial charge in [0.1, 0.15) is 6.61 Å². The zero-order valence-corrected chi connectivity index (χ0v) is 17.7. The third-order valence-corrected chi connectivity index (χ3v) is 4.84. The number of hydrogen-bond acceptors (Lipinski definition) is 5. The summed E-state index contributed by atoms with van der Waals surface area (Å²) in [5.74, 6) is 0.796. The zero-order valence-electron chi connectivity index (χ0n) is 17.7. The second-order valence-corrected chi connectivity index (χ2v) is 6.91. The molecule has 0 radical (unpaired) electrons. The van der Waals surface area contributed by atoms with Crippen molar-refractivity contribution in [3.63, 3.8) is 0 Å². The molecule has 2 amide bonds. The predicted octanol–water partition coefficient (Wildman–Crippen LogP) is 3.66. The molecule has 2 aromatic carbocycles. The number of hydrogen-bond donors (Lipinski definition) is 1. The highest BCUT2D eigenvalue weighted by Crippen LogP contribution is 2.31. The van der Waals surface area contributed by atoms with Gasteiger partial charge in [-0.25, -0.2) is 0 Å². The van der Waals surface area contributed by atoms with Gasteiger partial charge >= 0.3 is 0 Å². The molecule has 0 aromatic heterocycles. The van der Waals surface area contributed by atoms with Crippen molar-refractivity contribution < 1.29 is 23.8 Å². The maximum atomic E-state index is 12.8. The summed E-state index contributed by atoms with van der Waals surface area (Å²) in [5, 5.41) is 2.92. The Bertz CT molecular complexity index is 912. The first-order chi connectivity index (χ1) is 14.6. The predicted molar refractivity (Wildman–Crippen MR) is 116 cm³/mol. The number of rotatable bonds is 8. The number of nitrogens with zero attached hydrogens (tertiary/aromatic N) is 1. The smallest absolute Gasteiger partial charge is 0.255 e. The molecule has 1 aliphatic heterocycles. The van der Waals surface area contributed by atoms with Gasteiger partial charge < -0.3 is 24.4 Å². The standard InChI is InChI=1S/C23H28N2O5/c1-4-29-20-11-9-17(13-21(20)30-5-2)23(27)24-18-10-8-16-7-6-12-25(19(16)14-18)22(26)15-28-3/h8-11,13-14H,4-7,12,15H2,1-3H3,(H,24,27). The van der Waals surface area contributed by atoms with Gasteiger partial charge in [0.05, 0.1) is 13.2 Å². The Balaban J connectivity index is 1.81. The molecule has 0 aliphatic carbocycles. The van der Waals surface area contributed by atoms with Crippen LogP contribution in [0.5, 0.6) is 11.5 Å². The van der Waals surface area contributed by atoms with Gasteiger partial charge in [-0.2, -0.15) is 0 Å². The van der Waals surface area contributed by atoms with E-state index < -0.39 is 0 Å². The molecule has 7 heteroatoms. The van der Waals surface area contributed by atoms with Crippen LogP contribution in [0.4, 0.5) is 11.4 Å². The average molecular weight is 412 g/mol. The lowest BCUT2D eigenvalue weighted by atomic mass is 10.0. The fraction of sp³-hybridized carbons (Fsp3) is 0.391. The second-order valence-electron chi connectivity index (χ2n) is 6.91. The maximum Gasteiger partial charge on any atom is 0.255 e. The van der Waals surface area contributed by atoms with E-state index in [0.29, 0.717) is 42.5 Å². The van der Waals surface area contributed by atoms with E-state index >= 15 is 0 Å². The van der Waals surface area contributed by atoms with Gasteiger partial charge in [0.15, 0.2) is 11.5 Å². The number of benzene rings is 2. The molecule has 1 N–H and O–H groups in total. The number of amides is 2. The molecule has 0 atom stereocenters. The molecule has 7 nitrogen and oxygen atoms in total. The fourth-order valence-corrected chi connectivity index (χ4v) is 3.51. The average Bonchev–Trinajstić information content (AvgIpc) is 2.75. The van der Waals surface area contributed by atoms with Crippen molar-refractivity contribution in [3.05, 3.63) is 47.5 Å². The van der Waals surface area contributed by atoms with Crippen LogP contribution in [0.2, 0.25) is 0 Å². The molecule has 1 aliphatic rings. The molecule has 160 valence electrons. The van der Waals surface area contributed by atoms with Gasteiger partial charge in [0.2, 0.25) is 0 Å².